The summed E-state index contributed by atoms with van der Waals surface area (Å²) in [6.07, 6.45) is 25.6. The molecule has 8 bridgehead atoms. The van der Waals surface area contributed by atoms with E-state index in [1.807, 2.05) is 0 Å². The monoisotopic (exact) mass is 708 g/mol. The van der Waals surface area contributed by atoms with Gasteiger partial charge in [0.2, 0.25) is 0 Å². The first-order valence-corrected chi connectivity index (χ1v) is 17.9. The average molecular weight is 708 g/mol. The molecule has 0 spiro atoms. The summed E-state index contributed by atoms with van der Waals surface area (Å²) in [5.74, 6) is 5.97. The Hall–Kier alpha value is 0.399. The molecular weight excluding hydrogens is 647 g/mol. The first-order chi connectivity index (χ1) is 19.8. The van der Waals surface area contributed by atoms with E-state index in [1.165, 1.54) is 103 Å². The van der Waals surface area contributed by atoms with Crippen molar-refractivity contribution in [3.8, 4) is 0 Å². The van der Waals surface area contributed by atoms with Crippen LogP contribution < -0.4 is 42.5 Å². The summed E-state index contributed by atoms with van der Waals surface area (Å²) in [6.45, 7) is 0. The smallest absolute Gasteiger partial charge is 0.0628 e. The Labute approximate surface area is 275 Å². The number of fused-ring (bicyclic) bond motifs is 20. The average Bonchev–Trinajstić information content (AvgIpc) is 3.73. The van der Waals surface area contributed by atoms with Gasteiger partial charge in [0.25, 0.3) is 0 Å². The number of hydrogen-bond acceptors (Lipinski definition) is 8. The van der Waals surface area contributed by atoms with E-state index in [-0.39, 0.29) is 34.9 Å². The molecule has 4 aliphatic carbocycles. The van der Waals surface area contributed by atoms with Crippen LogP contribution in [0.15, 0.2) is 0 Å². The molecule has 4 radical (unpaired) electrons. The molecule has 0 aromatic rings. The number of nitrogens with one attached hydrogen (secondary N) is 8. The molecule has 9 fully saturated rings. The van der Waals surface area contributed by atoms with E-state index in [1.54, 1.807) is 0 Å². The second kappa shape index (κ2) is 13.9. The van der Waals surface area contributed by atoms with Crippen molar-refractivity contribution < 1.29 is 11.0 Å². The quantitative estimate of drug-likeness (QED) is 0.170. The molecule has 0 aromatic carbocycles. The fraction of sp³-hybridized carbons (Fsp3) is 1.00. The van der Waals surface area contributed by atoms with Gasteiger partial charge < -0.3 is 11.0 Å². The molecule has 43 heavy (non-hydrogen) atoms. The Morgan fingerprint density at radius 2 is 0.349 bits per heavy atom. The Morgan fingerprint density at radius 1 is 0.233 bits per heavy atom. The minimum absolute atomic E-state index is 0. The van der Waals surface area contributed by atoms with E-state index in [9.17, 15) is 0 Å². The molecule has 5 saturated heterocycles. The van der Waals surface area contributed by atoms with Crippen LogP contribution in [0.3, 0.4) is 0 Å². The van der Waals surface area contributed by atoms with E-state index in [0.717, 1.165) is 47.3 Å². The third-order valence-electron chi connectivity index (χ3n) is 13.8. The van der Waals surface area contributed by atoms with E-state index in [2.05, 4.69) is 42.5 Å². The molecule has 5 heterocycles. The predicted molar refractivity (Wildman–Crippen MR) is 170 cm³/mol. The minimum atomic E-state index is 0. The van der Waals surface area contributed by atoms with Gasteiger partial charge in [0.05, 0.1) is 49.3 Å². The first kappa shape index (κ1) is 33.3. The summed E-state index contributed by atoms with van der Waals surface area (Å²) in [7, 11) is 0. The van der Waals surface area contributed by atoms with Crippen LogP contribution in [-0.2, 0) is 0 Å². The first-order valence-electron chi connectivity index (χ1n) is 17.9. The predicted octanol–water partition coefficient (Wildman–Crippen LogP) is 0.575. The summed E-state index contributed by atoms with van der Waals surface area (Å²) >= 11 is 0. The van der Waals surface area contributed by atoms with Gasteiger partial charge in [0.1, 0.15) is 0 Å². The van der Waals surface area contributed by atoms with Crippen molar-refractivity contribution in [1.29, 1.82) is 0 Å². The fourth-order valence-corrected chi connectivity index (χ4v) is 12.0. The van der Waals surface area contributed by atoms with Crippen molar-refractivity contribution in [2.75, 3.05) is 0 Å². The Bertz CT molecular complexity index is 728. The number of rotatable bonds is 0. The van der Waals surface area contributed by atoms with Crippen LogP contribution in [-0.4, -0.2) is 84.2 Å². The van der Waals surface area contributed by atoms with Crippen molar-refractivity contribution in [1.82, 2.24) is 42.5 Å². The molecular formula is C32H60N8O2Sn. The van der Waals surface area contributed by atoms with Crippen molar-refractivity contribution >= 4 is 23.9 Å². The van der Waals surface area contributed by atoms with Gasteiger partial charge in [0, 0.05) is 23.9 Å². The summed E-state index contributed by atoms with van der Waals surface area (Å²) < 4.78 is 0. The fourth-order valence-electron chi connectivity index (χ4n) is 12.0. The van der Waals surface area contributed by atoms with Crippen molar-refractivity contribution in [3.63, 3.8) is 0 Å². The van der Waals surface area contributed by atoms with Gasteiger partial charge in [-0.2, -0.15) is 0 Å². The van der Waals surface area contributed by atoms with Crippen LogP contribution in [0.25, 0.3) is 0 Å². The van der Waals surface area contributed by atoms with Gasteiger partial charge in [-0.3, -0.25) is 42.5 Å². The van der Waals surface area contributed by atoms with Gasteiger partial charge in [-0.05, 0) is 98.7 Å². The number of hydrogen-bond donors (Lipinski definition) is 8. The third kappa shape index (κ3) is 5.89. The van der Waals surface area contributed by atoms with Gasteiger partial charge in [-0.15, -0.1) is 0 Å². The SMILES string of the molecule is C1CCC2C3NC(NC4NC(NC5NC(NC6NC(N3)C3CCCCC63)C3CCCCC53)C3CCCCC43)C2C1.O.O.[Sn]. The van der Waals surface area contributed by atoms with Gasteiger partial charge in [0.15, 0.2) is 0 Å². The molecule has 5 aliphatic heterocycles. The molecule has 8 unspecified atom stereocenters. The zero-order chi connectivity index (χ0) is 26.2. The summed E-state index contributed by atoms with van der Waals surface area (Å²) in [5, 5.41) is 33.8. The van der Waals surface area contributed by atoms with Crippen LogP contribution in [0.1, 0.15) is 103 Å². The van der Waals surface area contributed by atoms with Crippen LogP contribution in [0, 0.1) is 47.3 Å². The maximum atomic E-state index is 4.26. The second-order valence-corrected chi connectivity index (χ2v) is 15.6. The maximum Gasteiger partial charge on any atom is 0.0628 e. The normalized spacial score (nSPS) is 53.6. The van der Waals surface area contributed by atoms with Crippen molar-refractivity contribution in [2.24, 2.45) is 47.3 Å². The summed E-state index contributed by atoms with van der Waals surface area (Å²) in [4.78, 5) is 0. The van der Waals surface area contributed by atoms with Gasteiger partial charge in [-0.25, -0.2) is 0 Å². The molecule has 0 aromatic heterocycles. The molecule has 244 valence electrons. The standard InChI is InChI=1S/C32H56N8.2H2O.Sn/c1-2-10-18-17(9-1)25-33-26(18)38-28-21-13-5-6-14-22(21)30(35-28)40-32-24-16-8-7-15-23(24)31(36-32)39-29-20-12-4-3-11-19(20)27(34-29)37-25;;;/h17-40H,1-16H2;2*1H2;. The van der Waals surface area contributed by atoms with E-state index < -0.39 is 0 Å². The summed E-state index contributed by atoms with van der Waals surface area (Å²) in [6, 6.07) is 0. The van der Waals surface area contributed by atoms with Gasteiger partial charge >= 0.3 is 0 Å². The zero-order valence-corrected chi connectivity index (χ0v) is 28.9. The Morgan fingerprint density at radius 3 is 0.465 bits per heavy atom. The van der Waals surface area contributed by atoms with E-state index >= 15 is 0 Å². The molecule has 10 nitrogen and oxygen atoms in total. The largest absolute Gasteiger partial charge is 0.412 e. The Kier molecular flexibility index (Phi) is 10.7. The summed E-state index contributed by atoms with van der Waals surface area (Å²) in [5.41, 5.74) is 0. The molecule has 0 amide bonds. The third-order valence-corrected chi connectivity index (χ3v) is 13.8. The molecule has 9 aliphatic rings. The maximum absolute atomic E-state index is 4.26. The molecule has 9 rings (SSSR count). The van der Waals surface area contributed by atoms with Gasteiger partial charge in [-0.1, -0.05) is 51.4 Å². The minimum Gasteiger partial charge on any atom is -0.412 e. The van der Waals surface area contributed by atoms with Crippen LogP contribution >= 0.6 is 0 Å². The van der Waals surface area contributed by atoms with E-state index in [4.69, 9.17) is 0 Å². The van der Waals surface area contributed by atoms with Crippen LogP contribution in [0.2, 0.25) is 0 Å². The molecule has 11 heteroatoms. The van der Waals surface area contributed by atoms with Crippen LogP contribution in [0.4, 0.5) is 0 Å². The van der Waals surface area contributed by atoms with Crippen molar-refractivity contribution in [2.45, 2.75) is 152 Å². The topological polar surface area (TPSA) is 159 Å². The molecule has 4 saturated carbocycles. The Balaban J connectivity index is 0.00000110. The van der Waals surface area contributed by atoms with E-state index in [0.29, 0.717) is 49.3 Å². The van der Waals surface area contributed by atoms with Crippen LogP contribution in [0.5, 0.6) is 0 Å². The molecule has 12 N–H and O–H groups in total. The molecule has 8 atom stereocenters. The second-order valence-electron chi connectivity index (χ2n) is 15.6. The van der Waals surface area contributed by atoms with Crippen molar-refractivity contribution in [3.05, 3.63) is 0 Å². The zero-order valence-electron chi connectivity index (χ0n) is 26.1.